The summed E-state index contributed by atoms with van der Waals surface area (Å²) in [6.45, 7) is 4.24. The maximum Gasteiger partial charge on any atom is 0.413 e. The molecule has 2 heterocycles. The number of methoxy groups -OCH3 is 1. The smallest absolute Gasteiger partial charge is 0.413 e. The van der Waals surface area contributed by atoms with Crippen molar-refractivity contribution >= 4 is 44.3 Å². The Morgan fingerprint density at radius 2 is 1.86 bits per heavy atom. The third-order valence-electron chi connectivity index (χ3n) is 6.51. The fraction of sp³-hybridized carbons (Fsp3) is 0.458. The molecule has 9 nitrogen and oxygen atoms in total. The lowest BCUT2D eigenvalue weighted by molar-refractivity contribution is -0.119. The average Bonchev–Trinajstić information content (AvgIpc) is 3.44. The Bertz CT molecular complexity index is 1250. The predicted molar refractivity (Wildman–Crippen MR) is 132 cm³/mol. The van der Waals surface area contributed by atoms with Crippen LogP contribution in [0, 0.1) is 12.8 Å². The quantitative estimate of drug-likeness (QED) is 0.624. The van der Waals surface area contributed by atoms with Crippen LogP contribution in [0.4, 0.5) is 9.80 Å². The maximum atomic E-state index is 13.4. The second kappa shape index (κ2) is 10.1. The number of hydrogen-bond donors (Lipinski definition) is 2. The van der Waals surface area contributed by atoms with Crippen molar-refractivity contribution in [3.8, 4) is 0 Å². The molecule has 1 aromatic heterocycles. The van der Waals surface area contributed by atoms with Gasteiger partial charge in [-0.25, -0.2) is 13.2 Å². The third-order valence-corrected chi connectivity index (χ3v) is 9.60. The number of fused-ring (bicyclic) bond motifs is 1. The van der Waals surface area contributed by atoms with Gasteiger partial charge < -0.3 is 10.1 Å². The number of aryl methyl sites for hydroxylation is 1. The number of rotatable bonds is 5. The molecule has 1 aliphatic heterocycles. The van der Waals surface area contributed by atoms with Crippen molar-refractivity contribution in [1.82, 2.24) is 9.62 Å². The Kier molecular flexibility index (Phi) is 7.30. The second-order valence-electron chi connectivity index (χ2n) is 9.08. The van der Waals surface area contributed by atoms with Gasteiger partial charge in [-0.1, -0.05) is 24.6 Å². The van der Waals surface area contributed by atoms with E-state index in [2.05, 4.69) is 22.3 Å². The van der Waals surface area contributed by atoms with Crippen molar-refractivity contribution in [3.63, 3.8) is 0 Å². The lowest BCUT2D eigenvalue weighted by atomic mass is 9.88. The average molecular weight is 520 g/mol. The number of benzene rings is 1. The Labute approximate surface area is 208 Å². The van der Waals surface area contributed by atoms with Crippen molar-refractivity contribution in [2.75, 3.05) is 19.0 Å². The fourth-order valence-corrected chi connectivity index (χ4v) is 7.68. The largest absolute Gasteiger partial charge is 0.453 e. The molecule has 3 amide bonds. The molecule has 2 unspecified atom stereocenters. The number of nitrogens with one attached hydrogen (secondary N) is 2. The first-order chi connectivity index (χ1) is 16.6. The third kappa shape index (κ3) is 5.12. The van der Waals surface area contributed by atoms with Gasteiger partial charge in [0.15, 0.2) is 0 Å². The molecule has 0 bridgehead atoms. The highest BCUT2D eigenvalue weighted by Gasteiger charge is 2.40. The molecule has 1 aliphatic carbocycles. The van der Waals surface area contributed by atoms with Crippen molar-refractivity contribution in [2.45, 2.75) is 56.9 Å². The molecule has 1 saturated heterocycles. The van der Waals surface area contributed by atoms with Gasteiger partial charge in [-0.2, -0.15) is 4.31 Å². The van der Waals surface area contributed by atoms with Crippen molar-refractivity contribution in [2.24, 2.45) is 5.92 Å². The number of anilines is 1. The molecule has 1 fully saturated rings. The van der Waals surface area contributed by atoms with Crippen molar-refractivity contribution in [3.05, 3.63) is 45.8 Å². The first-order valence-electron chi connectivity index (χ1n) is 11.5. The van der Waals surface area contributed by atoms with Gasteiger partial charge >= 0.3 is 6.09 Å². The van der Waals surface area contributed by atoms with Crippen LogP contribution in [0.1, 0.15) is 52.5 Å². The molecule has 4 rings (SSSR count). The number of sulfonamides is 1. The number of carbonyl (C=O) groups is 3. The summed E-state index contributed by atoms with van der Waals surface area (Å²) in [7, 11) is -2.70. The van der Waals surface area contributed by atoms with E-state index in [4.69, 9.17) is 0 Å². The number of imide groups is 1. The fourth-order valence-electron chi connectivity index (χ4n) is 4.62. The Morgan fingerprint density at radius 3 is 2.54 bits per heavy atom. The molecule has 2 N–H and O–H groups in total. The van der Waals surface area contributed by atoms with E-state index in [9.17, 15) is 22.8 Å². The van der Waals surface area contributed by atoms with E-state index < -0.39 is 34.0 Å². The minimum atomic E-state index is -3.86. The lowest BCUT2D eigenvalue weighted by Crippen LogP contribution is -2.43. The molecule has 2 aliphatic rings. The number of amides is 3. The minimum Gasteiger partial charge on any atom is -0.453 e. The van der Waals surface area contributed by atoms with Gasteiger partial charge in [-0.3, -0.25) is 14.9 Å². The second-order valence-corrected chi connectivity index (χ2v) is 12.1. The molecule has 11 heteroatoms. The molecule has 1 aromatic carbocycles. The Balaban J connectivity index is 1.62. The maximum absolute atomic E-state index is 13.4. The highest BCUT2D eigenvalue weighted by Crippen LogP contribution is 2.40. The van der Waals surface area contributed by atoms with E-state index in [1.165, 1.54) is 22.8 Å². The Morgan fingerprint density at radius 1 is 1.14 bits per heavy atom. The highest BCUT2D eigenvalue weighted by molar-refractivity contribution is 7.89. The van der Waals surface area contributed by atoms with Gasteiger partial charge in [0.2, 0.25) is 15.9 Å². The van der Waals surface area contributed by atoms with E-state index in [0.29, 0.717) is 30.2 Å². The normalized spacial score (nSPS) is 20.2. The van der Waals surface area contributed by atoms with Gasteiger partial charge in [0, 0.05) is 11.4 Å². The molecular formula is C24H29N3O6S2. The van der Waals surface area contributed by atoms with E-state index in [1.54, 1.807) is 24.3 Å². The zero-order valence-electron chi connectivity index (χ0n) is 19.9. The highest BCUT2D eigenvalue weighted by atomic mass is 32.2. The standard InChI is InChI=1S/C24H29N3O6S2/c1-14-6-9-16(10-7-14)35(31,32)27-12-4-5-18(27)21(28)25-23-20(22(29)26-24(30)33-3)17-11-8-15(2)13-19(17)34-23/h6-7,9-10,15,18H,4-5,8,11-13H2,1-3H3,(H,25,28)(H,26,29,30). The van der Waals surface area contributed by atoms with Crippen LogP contribution in [-0.2, 0) is 32.4 Å². The van der Waals surface area contributed by atoms with Gasteiger partial charge in [-0.15, -0.1) is 11.3 Å². The molecule has 2 aromatic rings. The number of carbonyl (C=O) groups excluding carboxylic acids is 3. The molecule has 0 radical (unpaired) electrons. The summed E-state index contributed by atoms with van der Waals surface area (Å²) in [5.41, 5.74) is 2.01. The van der Waals surface area contributed by atoms with Crippen LogP contribution >= 0.6 is 11.3 Å². The SMILES string of the molecule is COC(=O)NC(=O)c1c(NC(=O)C2CCCN2S(=O)(=O)c2ccc(C)cc2)sc2c1CCC(C)C2. The van der Waals surface area contributed by atoms with Crippen LogP contribution in [0.3, 0.4) is 0 Å². The van der Waals surface area contributed by atoms with Crippen LogP contribution < -0.4 is 10.6 Å². The summed E-state index contributed by atoms with van der Waals surface area (Å²) in [4.78, 5) is 39.1. The molecular weight excluding hydrogens is 490 g/mol. The zero-order chi connectivity index (χ0) is 25.3. The topological polar surface area (TPSA) is 122 Å². The summed E-state index contributed by atoms with van der Waals surface area (Å²) < 4.78 is 32.3. The molecule has 188 valence electrons. The van der Waals surface area contributed by atoms with Gasteiger partial charge in [0.1, 0.15) is 11.0 Å². The molecule has 2 atom stereocenters. The predicted octanol–water partition coefficient (Wildman–Crippen LogP) is 3.47. The first kappa shape index (κ1) is 25.3. The van der Waals surface area contributed by atoms with E-state index >= 15 is 0 Å². The van der Waals surface area contributed by atoms with Crippen molar-refractivity contribution in [1.29, 1.82) is 0 Å². The van der Waals surface area contributed by atoms with Gasteiger partial charge in [0.25, 0.3) is 5.91 Å². The van der Waals surface area contributed by atoms with Crippen molar-refractivity contribution < 1.29 is 27.5 Å². The molecule has 35 heavy (non-hydrogen) atoms. The van der Waals surface area contributed by atoms with E-state index in [0.717, 1.165) is 28.8 Å². The van der Waals surface area contributed by atoms with Crippen LogP contribution in [0.2, 0.25) is 0 Å². The number of nitrogens with zero attached hydrogens (tertiary/aromatic N) is 1. The summed E-state index contributed by atoms with van der Waals surface area (Å²) in [5, 5.41) is 5.33. The van der Waals surface area contributed by atoms with Crippen LogP contribution in [-0.4, -0.2) is 50.3 Å². The number of alkyl carbamates (subject to hydrolysis) is 1. The monoisotopic (exact) mass is 519 g/mol. The van der Waals surface area contributed by atoms with Crippen LogP contribution in [0.15, 0.2) is 29.2 Å². The van der Waals surface area contributed by atoms with E-state index in [1.807, 2.05) is 6.92 Å². The summed E-state index contributed by atoms with van der Waals surface area (Å²) in [6.07, 6.45) is 2.36. The van der Waals surface area contributed by atoms with Gasteiger partial charge in [-0.05, 0) is 62.6 Å². The molecule has 0 spiro atoms. The summed E-state index contributed by atoms with van der Waals surface area (Å²) in [6, 6.07) is 5.64. The summed E-state index contributed by atoms with van der Waals surface area (Å²) >= 11 is 1.31. The number of thiophene rings is 1. The Hall–Kier alpha value is -2.76. The first-order valence-corrected chi connectivity index (χ1v) is 13.8. The molecule has 0 saturated carbocycles. The van der Waals surface area contributed by atoms with Gasteiger partial charge in [0.05, 0.1) is 17.6 Å². The minimum absolute atomic E-state index is 0.140. The lowest BCUT2D eigenvalue weighted by Gasteiger charge is -2.23. The van der Waals surface area contributed by atoms with Crippen LogP contribution in [0.5, 0.6) is 0 Å². The summed E-state index contributed by atoms with van der Waals surface area (Å²) in [5.74, 6) is -0.696. The van der Waals surface area contributed by atoms with Crippen LogP contribution in [0.25, 0.3) is 0 Å². The zero-order valence-corrected chi connectivity index (χ0v) is 21.6. The number of ether oxygens (including phenoxy) is 1. The van der Waals surface area contributed by atoms with E-state index in [-0.39, 0.29) is 17.0 Å². The number of hydrogen-bond acceptors (Lipinski definition) is 7.